The van der Waals surface area contributed by atoms with E-state index in [-0.39, 0.29) is 18.2 Å². The zero-order valence-corrected chi connectivity index (χ0v) is 16.0. The molecule has 2 heterocycles. The summed E-state index contributed by atoms with van der Waals surface area (Å²) >= 11 is 0. The van der Waals surface area contributed by atoms with Crippen molar-refractivity contribution in [2.24, 2.45) is 0 Å². The number of nitrogens with zero attached hydrogens (tertiary/aromatic N) is 1. The van der Waals surface area contributed by atoms with Gasteiger partial charge in [0, 0.05) is 31.7 Å². The van der Waals surface area contributed by atoms with Crippen LogP contribution in [0.1, 0.15) is 29.9 Å². The number of rotatable bonds is 6. The fourth-order valence-corrected chi connectivity index (χ4v) is 4.11. The van der Waals surface area contributed by atoms with Gasteiger partial charge in [-0.1, -0.05) is 30.3 Å². The van der Waals surface area contributed by atoms with Crippen LogP contribution in [0.2, 0.25) is 0 Å². The van der Waals surface area contributed by atoms with E-state index >= 15 is 0 Å². The maximum atomic E-state index is 12.8. The molecule has 6 nitrogen and oxygen atoms in total. The number of para-hydroxylation sites is 2. The van der Waals surface area contributed by atoms with Gasteiger partial charge >= 0.3 is 0 Å². The minimum absolute atomic E-state index is 0.105. The first-order chi connectivity index (χ1) is 13.7. The molecule has 4 rings (SSSR count). The predicted molar refractivity (Wildman–Crippen MR) is 109 cm³/mol. The first-order valence-corrected chi connectivity index (χ1v) is 9.74. The van der Waals surface area contributed by atoms with E-state index in [0.29, 0.717) is 18.0 Å². The molecule has 0 saturated heterocycles. The number of hydrogen-bond donors (Lipinski definition) is 2. The number of fused-ring (bicyclic) bond motifs is 2. The average molecular weight is 379 g/mol. The van der Waals surface area contributed by atoms with Crippen molar-refractivity contribution in [1.82, 2.24) is 5.32 Å². The highest BCUT2D eigenvalue weighted by atomic mass is 16.5. The lowest BCUT2D eigenvalue weighted by molar-refractivity contribution is -0.126. The Morgan fingerprint density at radius 1 is 1.25 bits per heavy atom. The molecule has 0 spiro atoms. The summed E-state index contributed by atoms with van der Waals surface area (Å²) in [6.45, 7) is 2.53. The van der Waals surface area contributed by atoms with Crippen LogP contribution in [0.4, 0.5) is 11.4 Å². The van der Waals surface area contributed by atoms with Crippen LogP contribution in [0.15, 0.2) is 42.5 Å². The van der Waals surface area contributed by atoms with Crippen LogP contribution in [0, 0.1) is 0 Å². The summed E-state index contributed by atoms with van der Waals surface area (Å²) in [5.74, 6) is -0.167. The van der Waals surface area contributed by atoms with Crippen molar-refractivity contribution < 1.29 is 14.3 Å². The van der Waals surface area contributed by atoms with Gasteiger partial charge in [0.25, 0.3) is 0 Å². The van der Waals surface area contributed by atoms with Gasteiger partial charge in [0.15, 0.2) is 0 Å². The van der Waals surface area contributed by atoms with Crippen LogP contribution in [-0.4, -0.2) is 38.6 Å². The van der Waals surface area contributed by atoms with Gasteiger partial charge in [-0.05, 0) is 36.1 Å². The number of anilines is 2. The Morgan fingerprint density at radius 2 is 2.11 bits per heavy atom. The molecule has 2 aliphatic rings. The molecule has 0 bridgehead atoms. The largest absolute Gasteiger partial charge is 0.495 e. The molecule has 2 amide bonds. The molecule has 2 aliphatic heterocycles. The zero-order valence-electron chi connectivity index (χ0n) is 16.0. The highest BCUT2D eigenvalue weighted by molar-refractivity contribution is 6.02. The number of methoxy groups -OCH3 is 1. The molecular formula is C22H25N3O3. The smallest absolute Gasteiger partial charge is 0.228 e. The quantitative estimate of drug-likeness (QED) is 0.757. The monoisotopic (exact) mass is 379 g/mol. The van der Waals surface area contributed by atoms with Crippen LogP contribution in [0.5, 0.6) is 5.75 Å². The number of hydrogen-bond acceptors (Lipinski definition) is 4. The van der Waals surface area contributed by atoms with Gasteiger partial charge in [0.1, 0.15) is 5.75 Å². The van der Waals surface area contributed by atoms with E-state index in [1.807, 2.05) is 12.1 Å². The average Bonchev–Trinajstić information content (AvgIpc) is 3.13. The van der Waals surface area contributed by atoms with Crippen molar-refractivity contribution in [2.45, 2.75) is 25.2 Å². The van der Waals surface area contributed by atoms with Gasteiger partial charge in [0.05, 0.1) is 18.7 Å². The Kier molecular flexibility index (Phi) is 5.19. The SMILES string of the molecule is COc1cccc2c1NC(=O)CC2C(=O)NCCCN1CCc2ccccc21. The predicted octanol–water partition coefficient (Wildman–Crippen LogP) is 2.69. The summed E-state index contributed by atoms with van der Waals surface area (Å²) in [4.78, 5) is 27.2. The zero-order chi connectivity index (χ0) is 19.5. The molecule has 2 N–H and O–H groups in total. The van der Waals surface area contributed by atoms with E-state index in [9.17, 15) is 9.59 Å². The molecule has 0 radical (unpaired) electrons. The van der Waals surface area contributed by atoms with Crippen molar-refractivity contribution >= 4 is 23.2 Å². The fraction of sp³-hybridized carbons (Fsp3) is 0.364. The molecule has 1 unspecified atom stereocenters. The van der Waals surface area contributed by atoms with Crippen molar-refractivity contribution in [3.63, 3.8) is 0 Å². The molecule has 146 valence electrons. The van der Waals surface area contributed by atoms with Gasteiger partial charge in [-0.25, -0.2) is 0 Å². The van der Waals surface area contributed by atoms with E-state index in [1.165, 1.54) is 11.3 Å². The fourth-order valence-electron chi connectivity index (χ4n) is 4.11. The number of carbonyl (C=O) groups excluding carboxylic acids is 2. The second-order valence-electron chi connectivity index (χ2n) is 7.24. The minimum atomic E-state index is -0.480. The Balaban J connectivity index is 1.34. The Hall–Kier alpha value is -3.02. The lowest BCUT2D eigenvalue weighted by Crippen LogP contribution is -2.36. The van der Waals surface area contributed by atoms with Gasteiger partial charge in [0.2, 0.25) is 11.8 Å². The van der Waals surface area contributed by atoms with E-state index in [0.717, 1.165) is 31.5 Å². The second-order valence-corrected chi connectivity index (χ2v) is 7.24. The molecule has 0 fully saturated rings. The molecule has 2 aromatic carbocycles. The number of benzene rings is 2. The molecular weight excluding hydrogens is 354 g/mol. The molecule has 0 aliphatic carbocycles. The van der Waals surface area contributed by atoms with Crippen LogP contribution in [0.3, 0.4) is 0 Å². The van der Waals surface area contributed by atoms with Gasteiger partial charge in [-0.2, -0.15) is 0 Å². The summed E-state index contributed by atoms with van der Waals surface area (Å²) in [7, 11) is 1.56. The Morgan fingerprint density at radius 3 is 2.96 bits per heavy atom. The third-order valence-corrected chi connectivity index (χ3v) is 5.51. The standard InChI is InChI=1S/C22H25N3O3/c1-28-19-9-4-7-16-17(14-20(26)24-21(16)19)22(27)23-11-5-12-25-13-10-15-6-2-3-8-18(15)25/h2-4,6-9,17H,5,10-14H2,1H3,(H,23,27)(H,24,26). The van der Waals surface area contributed by atoms with Crippen LogP contribution in [-0.2, 0) is 16.0 Å². The first kappa shape index (κ1) is 18.3. The van der Waals surface area contributed by atoms with Crippen molar-refractivity contribution in [1.29, 1.82) is 0 Å². The maximum Gasteiger partial charge on any atom is 0.228 e. The Labute approximate surface area is 164 Å². The highest BCUT2D eigenvalue weighted by Crippen LogP contribution is 2.38. The number of ether oxygens (including phenoxy) is 1. The summed E-state index contributed by atoms with van der Waals surface area (Å²) in [5, 5.41) is 5.84. The summed E-state index contributed by atoms with van der Waals surface area (Å²) in [6.07, 6.45) is 2.10. The molecule has 0 saturated carbocycles. The van der Waals surface area contributed by atoms with Crippen LogP contribution >= 0.6 is 0 Å². The van der Waals surface area contributed by atoms with E-state index in [4.69, 9.17) is 4.74 Å². The summed E-state index contributed by atoms with van der Waals surface area (Å²) in [5.41, 5.74) is 4.11. The topological polar surface area (TPSA) is 70.7 Å². The molecule has 6 heteroatoms. The van der Waals surface area contributed by atoms with Gasteiger partial charge in [-0.15, -0.1) is 0 Å². The first-order valence-electron chi connectivity index (χ1n) is 9.74. The number of amides is 2. The number of carbonyl (C=O) groups is 2. The number of nitrogens with one attached hydrogen (secondary N) is 2. The highest BCUT2D eigenvalue weighted by Gasteiger charge is 2.32. The van der Waals surface area contributed by atoms with E-state index < -0.39 is 5.92 Å². The van der Waals surface area contributed by atoms with Crippen LogP contribution < -0.4 is 20.3 Å². The lowest BCUT2D eigenvalue weighted by Gasteiger charge is -2.26. The second kappa shape index (κ2) is 7.92. The Bertz CT molecular complexity index is 896. The van der Waals surface area contributed by atoms with Crippen molar-refractivity contribution in [3.05, 3.63) is 53.6 Å². The summed E-state index contributed by atoms with van der Waals surface area (Å²) in [6, 6.07) is 14.0. The molecule has 2 aromatic rings. The van der Waals surface area contributed by atoms with Gasteiger partial charge < -0.3 is 20.3 Å². The van der Waals surface area contributed by atoms with E-state index in [1.54, 1.807) is 13.2 Å². The van der Waals surface area contributed by atoms with Crippen LogP contribution in [0.25, 0.3) is 0 Å². The third-order valence-electron chi connectivity index (χ3n) is 5.51. The molecule has 0 aromatic heterocycles. The van der Waals surface area contributed by atoms with Crippen molar-refractivity contribution in [2.75, 3.05) is 37.0 Å². The molecule has 1 atom stereocenters. The van der Waals surface area contributed by atoms with Crippen molar-refractivity contribution in [3.8, 4) is 5.75 Å². The van der Waals surface area contributed by atoms with E-state index in [2.05, 4.69) is 39.8 Å². The molecule has 28 heavy (non-hydrogen) atoms. The minimum Gasteiger partial charge on any atom is -0.495 e. The maximum absolute atomic E-state index is 12.8. The lowest BCUT2D eigenvalue weighted by atomic mass is 9.89. The summed E-state index contributed by atoms with van der Waals surface area (Å²) < 4.78 is 5.32. The third kappa shape index (κ3) is 3.54. The van der Waals surface area contributed by atoms with Gasteiger partial charge in [-0.3, -0.25) is 9.59 Å². The normalized spacial score (nSPS) is 17.5.